The zero-order valence-corrected chi connectivity index (χ0v) is 23.5. The van der Waals surface area contributed by atoms with E-state index in [1.165, 1.54) is 22.6 Å². The van der Waals surface area contributed by atoms with Crippen molar-refractivity contribution in [3.63, 3.8) is 0 Å². The number of rotatable bonds is 8. The monoisotopic (exact) mass is 567 g/mol. The van der Waals surface area contributed by atoms with Crippen LogP contribution in [-0.4, -0.2) is 34.5 Å². The number of carboxylic acids is 1. The molecule has 1 saturated heterocycles. The molecule has 0 bridgehead atoms. The van der Waals surface area contributed by atoms with Gasteiger partial charge in [-0.3, -0.25) is 9.69 Å². The first-order valence-electron chi connectivity index (χ1n) is 11.8. The Kier molecular flexibility index (Phi) is 8.45. The third-order valence-corrected chi connectivity index (χ3v) is 7.27. The summed E-state index contributed by atoms with van der Waals surface area (Å²) < 4.78 is 12.1. The van der Waals surface area contributed by atoms with Gasteiger partial charge in [-0.15, -0.1) is 0 Å². The number of ether oxygens (including phenoxy) is 2. The van der Waals surface area contributed by atoms with Gasteiger partial charge in [0.25, 0.3) is 5.91 Å². The number of thiocarbonyl (C=S) groups is 1. The average Bonchev–Trinajstić information content (AvgIpc) is 3.15. The predicted molar refractivity (Wildman–Crippen MR) is 157 cm³/mol. The lowest BCUT2D eigenvalue weighted by Crippen LogP contribution is -2.27. The third-order valence-electron chi connectivity index (χ3n) is 5.73. The predicted octanol–water partition coefficient (Wildman–Crippen LogP) is 7.20. The summed E-state index contributed by atoms with van der Waals surface area (Å²) in [7, 11) is 0. The number of carbonyl (C=O) groups excluding carboxylic acids is 1. The highest BCUT2D eigenvalue weighted by atomic mass is 35.5. The first kappa shape index (κ1) is 27.7. The fourth-order valence-electron chi connectivity index (χ4n) is 3.74. The number of carbonyl (C=O) groups is 2. The summed E-state index contributed by atoms with van der Waals surface area (Å²) in [4.78, 5) is 26.3. The van der Waals surface area contributed by atoms with E-state index in [0.717, 1.165) is 17.5 Å². The fraction of sp³-hybridized carbons (Fsp3) is 0.207. The Hall–Kier alpha value is -3.33. The minimum absolute atomic E-state index is 0.0680. The second kappa shape index (κ2) is 11.6. The number of hydrogen-bond acceptors (Lipinski definition) is 6. The third kappa shape index (κ3) is 6.56. The molecule has 1 N–H and O–H groups in total. The molecular formula is C29H26ClNO5S2. The van der Waals surface area contributed by atoms with Crippen molar-refractivity contribution in [2.75, 3.05) is 18.1 Å². The van der Waals surface area contributed by atoms with Crippen molar-refractivity contribution in [2.45, 2.75) is 26.2 Å². The molecule has 0 aromatic heterocycles. The van der Waals surface area contributed by atoms with Crippen LogP contribution < -0.4 is 14.4 Å². The lowest BCUT2D eigenvalue weighted by molar-refractivity contribution is -0.113. The van der Waals surface area contributed by atoms with Gasteiger partial charge in [0.15, 0.2) is 4.32 Å². The minimum Gasteiger partial charge on any atom is -0.490 e. The molecule has 0 spiro atoms. The summed E-state index contributed by atoms with van der Waals surface area (Å²) in [6.45, 7) is 7.10. The number of carboxylic acid groups (broad SMARTS) is 1. The highest BCUT2D eigenvalue weighted by molar-refractivity contribution is 8.27. The maximum Gasteiger partial charge on any atom is 0.335 e. The molecule has 1 amide bonds. The molecule has 38 heavy (non-hydrogen) atoms. The number of anilines is 1. The Morgan fingerprint density at radius 3 is 2.45 bits per heavy atom. The molecule has 0 unspecified atom stereocenters. The van der Waals surface area contributed by atoms with Crippen molar-refractivity contribution in [1.29, 1.82) is 0 Å². The van der Waals surface area contributed by atoms with Crippen LogP contribution in [0.5, 0.6) is 11.5 Å². The number of hydrogen-bond donors (Lipinski definition) is 1. The number of amides is 1. The molecule has 196 valence electrons. The maximum atomic E-state index is 13.2. The zero-order chi connectivity index (χ0) is 27.4. The SMILES string of the molecule is CC(C)(C)c1ccc(OCCOc2ccc(Cl)cc2C=C2SC(=S)N(c3cccc(C(=O)O)c3)C2=O)cc1. The fourth-order valence-corrected chi connectivity index (χ4v) is 5.21. The van der Waals surface area contributed by atoms with Crippen molar-refractivity contribution in [1.82, 2.24) is 0 Å². The largest absolute Gasteiger partial charge is 0.490 e. The topological polar surface area (TPSA) is 76.1 Å². The van der Waals surface area contributed by atoms with E-state index in [4.69, 9.17) is 33.3 Å². The van der Waals surface area contributed by atoms with E-state index in [0.29, 0.717) is 37.9 Å². The molecule has 6 nitrogen and oxygen atoms in total. The van der Waals surface area contributed by atoms with Gasteiger partial charge in [-0.25, -0.2) is 4.79 Å². The number of aromatic carboxylic acids is 1. The Balaban J connectivity index is 1.45. The summed E-state index contributed by atoms with van der Waals surface area (Å²) >= 11 is 12.8. The zero-order valence-electron chi connectivity index (χ0n) is 21.1. The van der Waals surface area contributed by atoms with Gasteiger partial charge in [0.05, 0.1) is 16.2 Å². The summed E-state index contributed by atoms with van der Waals surface area (Å²) in [5.41, 5.74) is 2.38. The van der Waals surface area contributed by atoms with Crippen molar-refractivity contribution < 1.29 is 24.2 Å². The van der Waals surface area contributed by atoms with Gasteiger partial charge in [0.2, 0.25) is 0 Å². The molecule has 1 fully saturated rings. The summed E-state index contributed by atoms with van der Waals surface area (Å²) in [5.74, 6) is -0.136. The summed E-state index contributed by atoms with van der Waals surface area (Å²) in [5, 5.41) is 9.78. The van der Waals surface area contributed by atoms with E-state index >= 15 is 0 Å². The lowest BCUT2D eigenvalue weighted by Gasteiger charge is -2.19. The first-order valence-corrected chi connectivity index (χ1v) is 13.4. The summed E-state index contributed by atoms with van der Waals surface area (Å²) in [6, 6.07) is 19.3. The molecule has 0 aliphatic carbocycles. The molecule has 4 rings (SSSR count). The van der Waals surface area contributed by atoms with Crippen LogP contribution in [0.4, 0.5) is 5.69 Å². The molecule has 0 saturated carbocycles. The van der Waals surface area contributed by atoms with Crippen LogP contribution in [0.3, 0.4) is 0 Å². The molecule has 9 heteroatoms. The van der Waals surface area contributed by atoms with Crippen molar-refractivity contribution in [2.24, 2.45) is 0 Å². The number of halogens is 1. The Morgan fingerprint density at radius 2 is 1.76 bits per heavy atom. The van der Waals surface area contributed by atoms with E-state index in [-0.39, 0.29) is 23.5 Å². The number of thioether (sulfide) groups is 1. The quantitative estimate of drug-likeness (QED) is 0.175. The highest BCUT2D eigenvalue weighted by Crippen LogP contribution is 2.38. The van der Waals surface area contributed by atoms with Crippen LogP contribution in [0, 0.1) is 0 Å². The lowest BCUT2D eigenvalue weighted by atomic mass is 9.87. The molecule has 3 aromatic rings. The maximum absolute atomic E-state index is 13.2. The van der Waals surface area contributed by atoms with Gasteiger partial charge in [-0.1, -0.05) is 74.6 Å². The van der Waals surface area contributed by atoms with E-state index in [1.807, 2.05) is 12.1 Å². The van der Waals surface area contributed by atoms with Crippen LogP contribution in [0.15, 0.2) is 71.6 Å². The Bertz CT molecular complexity index is 1410. The van der Waals surface area contributed by atoms with Crippen LogP contribution in [0.25, 0.3) is 6.08 Å². The van der Waals surface area contributed by atoms with Gasteiger partial charge in [0, 0.05) is 10.6 Å². The second-order valence-corrected chi connectivity index (χ2v) is 11.6. The van der Waals surface area contributed by atoms with Crippen molar-refractivity contribution in [3.05, 3.63) is 93.3 Å². The Morgan fingerprint density at radius 1 is 1.05 bits per heavy atom. The van der Waals surface area contributed by atoms with Gasteiger partial charge < -0.3 is 14.6 Å². The van der Waals surface area contributed by atoms with E-state index in [2.05, 4.69) is 32.9 Å². The Labute approximate surface area is 236 Å². The molecular weight excluding hydrogens is 542 g/mol. The first-order chi connectivity index (χ1) is 18.0. The van der Waals surface area contributed by atoms with Crippen LogP contribution in [0.2, 0.25) is 5.02 Å². The molecule has 1 aliphatic rings. The summed E-state index contributed by atoms with van der Waals surface area (Å²) in [6.07, 6.45) is 1.67. The van der Waals surface area contributed by atoms with E-state index in [9.17, 15) is 14.7 Å². The number of benzene rings is 3. The van der Waals surface area contributed by atoms with Gasteiger partial charge in [0.1, 0.15) is 24.7 Å². The minimum atomic E-state index is -1.08. The van der Waals surface area contributed by atoms with Crippen molar-refractivity contribution >= 4 is 63.5 Å². The molecule has 1 aliphatic heterocycles. The second-order valence-electron chi connectivity index (χ2n) is 9.53. The van der Waals surface area contributed by atoms with Gasteiger partial charge in [-0.05, 0) is 65.6 Å². The van der Waals surface area contributed by atoms with E-state index in [1.54, 1.807) is 36.4 Å². The smallest absolute Gasteiger partial charge is 0.335 e. The van der Waals surface area contributed by atoms with Crippen LogP contribution in [0.1, 0.15) is 42.3 Å². The van der Waals surface area contributed by atoms with Crippen LogP contribution in [-0.2, 0) is 10.2 Å². The van der Waals surface area contributed by atoms with Crippen molar-refractivity contribution in [3.8, 4) is 11.5 Å². The standard InChI is InChI=1S/C29H26ClNO5S2/c1-29(2,3)20-7-10-23(11-8-20)35-13-14-36-24-12-9-21(30)15-19(24)17-25-26(32)31(28(37)38-25)22-6-4-5-18(16-22)27(33)34/h4-12,15-17H,13-14H2,1-3H3,(H,33,34). The molecule has 1 heterocycles. The molecule has 0 atom stereocenters. The molecule has 3 aromatic carbocycles. The average molecular weight is 568 g/mol. The van der Waals surface area contributed by atoms with Crippen LogP contribution >= 0.6 is 35.6 Å². The van der Waals surface area contributed by atoms with Gasteiger partial charge >= 0.3 is 5.97 Å². The normalized spacial score (nSPS) is 14.7. The van der Waals surface area contributed by atoms with E-state index < -0.39 is 5.97 Å². The highest BCUT2D eigenvalue weighted by Gasteiger charge is 2.33. The number of nitrogens with zero attached hydrogens (tertiary/aromatic N) is 1. The van der Waals surface area contributed by atoms with Gasteiger partial charge in [-0.2, -0.15) is 0 Å². The molecule has 0 radical (unpaired) electrons.